The summed E-state index contributed by atoms with van der Waals surface area (Å²) in [5.41, 5.74) is 11.9. The molecule has 0 saturated carbocycles. The number of nitrogens with two attached hydrogens (primary N) is 2. The lowest BCUT2D eigenvalue weighted by Gasteiger charge is -2.21. The number of amides is 4. The van der Waals surface area contributed by atoms with Crippen molar-refractivity contribution in [2.45, 2.75) is 392 Å². The SMILES string of the molecule is CCCCCC(C)C(=O)NC(CCCCC)C(=O)CC(C)C.CCCCCC(C)C(=O)NC(CCCCC)C(=O)CC(C)C.CCCCCC(N)C(=O)NC(CCCCC)C(=O)CC(C)C.CCCCCC(N)C(=O)NC(CCCCC)C(=O)CC(C)C. The van der Waals surface area contributed by atoms with Crippen molar-refractivity contribution in [3.05, 3.63) is 0 Å². The van der Waals surface area contributed by atoms with Crippen LogP contribution in [0.15, 0.2) is 0 Å². The second-order valence-corrected chi connectivity index (χ2v) is 27.5. The first-order valence-electron chi connectivity index (χ1n) is 36.5. The number of carbonyl (C=O) groups excluding carboxylic acids is 8. The van der Waals surface area contributed by atoms with E-state index in [9.17, 15) is 38.4 Å². The normalized spacial score (nSPS) is 13.9. The van der Waals surface area contributed by atoms with E-state index in [1.807, 2.05) is 41.5 Å². The molecule has 0 aliphatic carbocycles. The smallest absolute Gasteiger partial charge is 0.237 e. The van der Waals surface area contributed by atoms with Gasteiger partial charge in [0.2, 0.25) is 23.6 Å². The molecule has 14 heteroatoms. The minimum absolute atomic E-state index is 0.00655. The van der Waals surface area contributed by atoms with Crippen LogP contribution in [0.1, 0.15) is 356 Å². The molecule has 0 fully saturated rings. The van der Waals surface area contributed by atoms with Gasteiger partial charge in [0, 0.05) is 37.5 Å². The van der Waals surface area contributed by atoms with Crippen molar-refractivity contribution >= 4 is 46.8 Å². The number of hydrogen-bond acceptors (Lipinski definition) is 10. The number of hydrogen-bond donors (Lipinski definition) is 6. The lowest BCUT2D eigenvalue weighted by atomic mass is 9.96. The maximum absolute atomic E-state index is 12.4. The van der Waals surface area contributed by atoms with Crippen molar-refractivity contribution in [1.82, 2.24) is 21.3 Å². The van der Waals surface area contributed by atoms with Gasteiger partial charge in [-0.15, -0.1) is 0 Å². The van der Waals surface area contributed by atoms with E-state index < -0.39 is 12.1 Å². The molecular weight excluding hydrogens is 1100 g/mol. The Hall–Kier alpha value is -3.52. The first-order valence-corrected chi connectivity index (χ1v) is 36.5. The summed E-state index contributed by atoms with van der Waals surface area (Å²) < 4.78 is 0. The third-order valence-electron chi connectivity index (χ3n) is 15.9. The summed E-state index contributed by atoms with van der Waals surface area (Å²) in [6.07, 6.45) is 34.4. The molecule has 14 nitrogen and oxygen atoms in total. The minimum Gasteiger partial charge on any atom is -0.346 e. The van der Waals surface area contributed by atoms with Crippen LogP contribution in [0, 0.1) is 35.5 Å². The molecule has 88 heavy (non-hydrogen) atoms. The quantitative estimate of drug-likeness (QED) is 0.0315. The van der Waals surface area contributed by atoms with Gasteiger partial charge in [-0.2, -0.15) is 0 Å². The molecule has 0 spiro atoms. The highest BCUT2D eigenvalue weighted by molar-refractivity contribution is 5.92. The third-order valence-corrected chi connectivity index (χ3v) is 15.9. The Morgan fingerprint density at radius 2 is 0.420 bits per heavy atom. The van der Waals surface area contributed by atoms with Crippen LogP contribution in [0.3, 0.4) is 0 Å². The molecule has 0 rings (SSSR count). The van der Waals surface area contributed by atoms with E-state index >= 15 is 0 Å². The van der Waals surface area contributed by atoms with Crippen molar-refractivity contribution in [2.75, 3.05) is 0 Å². The van der Waals surface area contributed by atoms with Gasteiger partial charge in [-0.1, -0.05) is 279 Å². The first kappa shape index (κ1) is 90.9. The van der Waals surface area contributed by atoms with Gasteiger partial charge in [-0.05, 0) is 75.0 Å². The van der Waals surface area contributed by atoms with E-state index in [1.54, 1.807) is 0 Å². The molecule has 0 aromatic heterocycles. The van der Waals surface area contributed by atoms with Gasteiger partial charge in [-0.3, -0.25) is 38.4 Å². The summed E-state index contributed by atoms with van der Waals surface area (Å²) in [5.74, 6) is 1.77. The van der Waals surface area contributed by atoms with Crippen LogP contribution in [0.4, 0.5) is 0 Å². The number of ketones is 4. The standard InChI is InChI=1S/2C19H37NO2.2C18H36N2O2/c2*1-6-8-10-12-16(5)19(22)20-17(13-11-9-7-2)18(21)14-15(3)4;2*1-5-7-9-11-15(19)18(22)20-16(12-10-8-6-2)17(21)13-14(3)4/h2*15-17H,6-14H2,1-5H3,(H,20,22);2*14-16H,5-13,19H2,1-4H3,(H,20,22). The highest BCUT2D eigenvalue weighted by Gasteiger charge is 2.27. The molecule has 0 radical (unpaired) electrons. The maximum atomic E-state index is 12.4. The van der Waals surface area contributed by atoms with Gasteiger partial charge < -0.3 is 32.7 Å². The Kier molecular flexibility index (Phi) is 63.0. The van der Waals surface area contributed by atoms with Crippen molar-refractivity contribution in [3.8, 4) is 0 Å². The second kappa shape index (κ2) is 61.0. The predicted molar refractivity (Wildman–Crippen MR) is 373 cm³/mol. The minimum atomic E-state index is -0.493. The zero-order valence-electron chi connectivity index (χ0n) is 60.8. The Morgan fingerprint density at radius 1 is 0.250 bits per heavy atom. The van der Waals surface area contributed by atoms with E-state index in [1.165, 1.54) is 25.7 Å². The number of carbonyl (C=O) groups is 8. The molecule has 8 N–H and O–H groups in total. The van der Waals surface area contributed by atoms with Crippen molar-refractivity contribution in [2.24, 2.45) is 47.0 Å². The fourth-order valence-corrected chi connectivity index (χ4v) is 10.2. The van der Waals surface area contributed by atoms with E-state index in [4.69, 9.17) is 11.5 Å². The zero-order chi connectivity index (χ0) is 67.8. The fourth-order valence-electron chi connectivity index (χ4n) is 10.2. The van der Waals surface area contributed by atoms with E-state index in [-0.39, 0.29) is 82.8 Å². The Bertz CT molecular complexity index is 1510. The van der Waals surface area contributed by atoms with Crippen molar-refractivity contribution in [3.63, 3.8) is 0 Å². The molecule has 0 aromatic rings. The molecular formula is C74H146N6O8. The van der Waals surface area contributed by atoms with E-state index in [0.717, 1.165) is 167 Å². The lowest BCUT2D eigenvalue weighted by Crippen LogP contribution is -2.48. The summed E-state index contributed by atoms with van der Waals surface area (Å²) in [5, 5.41) is 11.8. The van der Waals surface area contributed by atoms with E-state index in [0.29, 0.717) is 62.2 Å². The van der Waals surface area contributed by atoms with Gasteiger partial charge in [0.1, 0.15) is 0 Å². The van der Waals surface area contributed by atoms with Crippen LogP contribution < -0.4 is 32.7 Å². The molecule has 0 aromatic carbocycles. The molecule has 8 atom stereocenters. The second-order valence-electron chi connectivity index (χ2n) is 27.5. The summed E-state index contributed by atoms with van der Waals surface area (Å²) >= 11 is 0. The lowest BCUT2D eigenvalue weighted by molar-refractivity contribution is -0.130. The van der Waals surface area contributed by atoms with Crippen LogP contribution in [-0.2, 0) is 38.4 Å². The molecule has 4 amide bonds. The fraction of sp³-hybridized carbons (Fsp3) is 0.892. The Labute approximate surface area is 543 Å². The Balaban J connectivity index is -0.000000535. The molecule has 0 heterocycles. The highest BCUT2D eigenvalue weighted by Crippen LogP contribution is 2.18. The van der Waals surface area contributed by atoms with Gasteiger partial charge in [-0.25, -0.2) is 0 Å². The van der Waals surface area contributed by atoms with Crippen LogP contribution >= 0.6 is 0 Å². The summed E-state index contributed by atoms with van der Waals surface area (Å²) in [4.78, 5) is 98.3. The number of nitrogens with one attached hydrogen (secondary N) is 4. The molecule has 8 unspecified atom stereocenters. The van der Waals surface area contributed by atoms with Gasteiger partial charge >= 0.3 is 0 Å². The molecule has 0 bridgehead atoms. The largest absolute Gasteiger partial charge is 0.346 e. The molecule has 0 aliphatic heterocycles. The topological polar surface area (TPSA) is 237 Å². The predicted octanol–water partition coefficient (Wildman–Crippen LogP) is 16.9. The Morgan fingerprint density at radius 3 is 0.602 bits per heavy atom. The average molecular weight is 1250 g/mol. The third kappa shape index (κ3) is 54.2. The van der Waals surface area contributed by atoms with Gasteiger partial charge in [0.25, 0.3) is 0 Å². The highest BCUT2D eigenvalue weighted by atomic mass is 16.2. The average Bonchev–Trinajstić information content (AvgIpc) is 3.62. The first-order chi connectivity index (χ1) is 41.7. The summed E-state index contributed by atoms with van der Waals surface area (Å²) in [7, 11) is 0. The summed E-state index contributed by atoms with van der Waals surface area (Å²) in [6.45, 7) is 37.4. The van der Waals surface area contributed by atoms with E-state index in [2.05, 4.69) is 104 Å². The molecule has 0 aliphatic rings. The van der Waals surface area contributed by atoms with Crippen molar-refractivity contribution in [1.29, 1.82) is 0 Å². The van der Waals surface area contributed by atoms with Crippen LogP contribution in [0.5, 0.6) is 0 Å². The summed E-state index contributed by atoms with van der Waals surface area (Å²) in [6, 6.07) is -2.28. The molecule has 520 valence electrons. The monoisotopic (exact) mass is 1250 g/mol. The number of unbranched alkanes of at least 4 members (excludes halogenated alkanes) is 16. The van der Waals surface area contributed by atoms with Crippen molar-refractivity contribution < 1.29 is 38.4 Å². The number of Topliss-reactive ketones (excluding diaryl/α,β-unsaturated/α-hetero) is 4. The van der Waals surface area contributed by atoms with Gasteiger partial charge in [0.05, 0.1) is 36.3 Å². The van der Waals surface area contributed by atoms with Gasteiger partial charge in [0.15, 0.2) is 23.1 Å². The van der Waals surface area contributed by atoms with Crippen LogP contribution in [0.25, 0.3) is 0 Å². The van der Waals surface area contributed by atoms with Crippen LogP contribution in [-0.4, -0.2) is 83.0 Å². The maximum Gasteiger partial charge on any atom is 0.237 e. The number of rotatable bonds is 52. The zero-order valence-corrected chi connectivity index (χ0v) is 60.8. The van der Waals surface area contributed by atoms with Crippen LogP contribution in [0.2, 0.25) is 0 Å². The molecule has 0 saturated heterocycles.